The second-order valence-corrected chi connectivity index (χ2v) is 7.45. The molecule has 0 aromatic heterocycles. The van der Waals surface area contributed by atoms with E-state index in [-0.39, 0.29) is 23.8 Å². The Morgan fingerprint density at radius 1 is 0.893 bits per heavy atom. The van der Waals surface area contributed by atoms with E-state index in [4.69, 9.17) is 9.47 Å². The van der Waals surface area contributed by atoms with Crippen LogP contribution in [0.3, 0.4) is 0 Å². The lowest BCUT2D eigenvalue weighted by atomic mass is 9.92. The van der Waals surface area contributed by atoms with E-state index in [0.29, 0.717) is 19.8 Å². The minimum Gasteiger partial charge on any atom is -0.494 e. The van der Waals surface area contributed by atoms with Gasteiger partial charge in [-0.25, -0.2) is 0 Å². The Labute approximate surface area is 169 Å². The van der Waals surface area contributed by atoms with E-state index in [1.54, 1.807) is 0 Å². The van der Waals surface area contributed by atoms with E-state index in [1.165, 1.54) is 5.56 Å². The zero-order valence-corrected chi connectivity index (χ0v) is 17.3. The topological polar surface area (TPSA) is 47.6 Å². The van der Waals surface area contributed by atoms with Gasteiger partial charge in [0.1, 0.15) is 5.75 Å². The highest BCUT2D eigenvalue weighted by atomic mass is 16.5. The SMILES string of the molecule is CC(CCOc1ccccc1)NC(=O)C(C)C(C)CCOCc1ccccc1. The molecule has 1 amide bonds. The van der Waals surface area contributed by atoms with Gasteiger partial charge in [0.15, 0.2) is 0 Å². The van der Waals surface area contributed by atoms with Gasteiger partial charge in [0.05, 0.1) is 13.2 Å². The van der Waals surface area contributed by atoms with Crippen molar-refractivity contribution in [2.24, 2.45) is 11.8 Å². The van der Waals surface area contributed by atoms with Crippen LogP contribution in [0.2, 0.25) is 0 Å². The predicted octanol–water partition coefficient (Wildman–Crippen LogP) is 4.84. The first-order valence-electron chi connectivity index (χ1n) is 10.2. The molecule has 152 valence electrons. The first kappa shape index (κ1) is 22.0. The molecule has 3 unspecified atom stereocenters. The summed E-state index contributed by atoms with van der Waals surface area (Å²) in [5.74, 6) is 1.18. The molecule has 0 fully saturated rings. The Hall–Kier alpha value is -2.33. The fourth-order valence-electron chi connectivity index (χ4n) is 2.86. The first-order chi connectivity index (χ1) is 13.6. The number of carbonyl (C=O) groups excluding carboxylic acids is 1. The zero-order chi connectivity index (χ0) is 20.2. The summed E-state index contributed by atoms with van der Waals surface area (Å²) in [5.41, 5.74) is 1.17. The van der Waals surface area contributed by atoms with Crippen molar-refractivity contribution < 1.29 is 14.3 Å². The summed E-state index contributed by atoms with van der Waals surface area (Å²) in [4.78, 5) is 12.5. The number of para-hydroxylation sites is 1. The quantitative estimate of drug-likeness (QED) is 0.534. The molecule has 0 heterocycles. The Morgan fingerprint density at radius 2 is 1.54 bits per heavy atom. The van der Waals surface area contributed by atoms with E-state index in [1.807, 2.05) is 62.4 Å². The van der Waals surface area contributed by atoms with Crippen LogP contribution in [0.15, 0.2) is 60.7 Å². The minimum atomic E-state index is -0.0437. The lowest BCUT2D eigenvalue weighted by Crippen LogP contribution is -2.39. The number of hydrogen-bond donors (Lipinski definition) is 1. The van der Waals surface area contributed by atoms with Gasteiger partial charge in [-0.3, -0.25) is 4.79 Å². The molecule has 2 aromatic carbocycles. The molecular weight excluding hydrogens is 350 g/mol. The number of rotatable bonds is 12. The van der Waals surface area contributed by atoms with Crippen LogP contribution in [0.25, 0.3) is 0 Å². The van der Waals surface area contributed by atoms with Crippen molar-refractivity contribution in [3.63, 3.8) is 0 Å². The van der Waals surface area contributed by atoms with Crippen molar-refractivity contribution in [1.82, 2.24) is 5.32 Å². The normalized spacial score (nSPS) is 14.1. The van der Waals surface area contributed by atoms with Crippen molar-refractivity contribution in [2.75, 3.05) is 13.2 Å². The largest absolute Gasteiger partial charge is 0.494 e. The highest BCUT2D eigenvalue weighted by molar-refractivity contribution is 5.78. The first-order valence-corrected chi connectivity index (χ1v) is 10.2. The molecule has 0 radical (unpaired) electrons. The van der Waals surface area contributed by atoms with Crippen LogP contribution in [-0.4, -0.2) is 25.2 Å². The van der Waals surface area contributed by atoms with Crippen LogP contribution in [0.5, 0.6) is 5.75 Å². The zero-order valence-electron chi connectivity index (χ0n) is 17.3. The molecule has 4 heteroatoms. The summed E-state index contributed by atoms with van der Waals surface area (Å²) in [6.07, 6.45) is 1.65. The Morgan fingerprint density at radius 3 is 2.21 bits per heavy atom. The summed E-state index contributed by atoms with van der Waals surface area (Å²) < 4.78 is 11.4. The van der Waals surface area contributed by atoms with E-state index < -0.39 is 0 Å². The number of ether oxygens (including phenoxy) is 2. The minimum absolute atomic E-state index is 0.0437. The fraction of sp³-hybridized carbons (Fsp3) is 0.458. The third-order valence-electron chi connectivity index (χ3n) is 5.05. The third kappa shape index (κ3) is 8.13. The van der Waals surface area contributed by atoms with Crippen LogP contribution in [0.4, 0.5) is 0 Å². The summed E-state index contributed by atoms with van der Waals surface area (Å²) in [5, 5.41) is 3.10. The lowest BCUT2D eigenvalue weighted by molar-refractivity contribution is -0.126. The van der Waals surface area contributed by atoms with Crippen molar-refractivity contribution in [1.29, 1.82) is 0 Å². The molecule has 0 saturated carbocycles. The Kier molecular flexibility index (Phi) is 9.56. The van der Waals surface area contributed by atoms with Crippen LogP contribution in [0, 0.1) is 11.8 Å². The van der Waals surface area contributed by atoms with Gasteiger partial charge < -0.3 is 14.8 Å². The van der Waals surface area contributed by atoms with Crippen LogP contribution in [0.1, 0.15) is 39.2 Å². The lowest BCUT2D eigenvalue weighted by Gasteiger charge is -2.22. The number of carbonyl (C=O) groups is 1. The van der Waals surface area contributed by atoms with E-state index in [9.17, 15) is 4.79 Å². The average molecular weight is 384 g/mol. The van der Waals surface area contributed by atoms with Crippen molar-refractivity contribution in [3.05, 3.63) is 66.2 Å². The molecule has 4 nitrogen and oxygen atoms in total. The van der Waals surface area contributed by atoms with Crippen LogP contribution >= 0.6 is 0 Å². The van der Waals surface area contributed by atoms with Gasteiger partial charge in [0.2, 0.25) is 5.91 Å². The van der Waals surface area contributed by atoms with E-state index >= 15 is 0 Å². The predicted molar refractivity (Wildman–Crippen MR) is 113 cm³/mol. The molecule has 3 atom stereocenters. The maximum absolute atomic E-state index is 12.5. The van der Waals surface area contributed by atoms with Gasteiger partial charge in [-0.15, -0.1) is 0 Å². The Balaban J connectivity index is 1.60. The summed E-state index contributed by atoms with van der Waals surface area (Å²) in [7, 11) is 0. The monoisotopic (exact) mass is 383 g/mol. The van der Waals surface area contributed by atoms with Crippen molar-refractivity contribution >= 4 is 5.91 Å². The van der Waals surface area contributed by atoms with E-state index in [2.05, 4.69) is 24.4 Å². The standard InChI is InChI=1S/C24H33NO3/c1-19(14-16-27-18-22-10-6-4-7-11-22)21(3)24(26)25-20(2)15-17-28-23-12-8-5-9-13-23/h4-13,19-21H,14-18H2,1-3H3,(H,25,26). The number of amides is 1. The fourth-order valence-corrected chi connectivity index (χ4v) is 2.86. The highest BCUT2D eigenvalue weighted by Crippen LogP contribution is 2.16. The molecule has 2 rings (SSSR count). The molecule has 0 spiro atoms. The third-order valence-corrected chi connectivity index (χ3v) is 5.05. The molecule has 28 heavy (non-hydrogen) atoms. The van der Waals surface area contributed by atoms with Gasteiger partial charge in [0.25, 0.3) is 0 Å². The van der Waals surface area contributed by atoms with Crippen LogP contribution < -0.4 is 10.1 Å². The molecule has 0 aliphatic heterocycles. The summed E-state index contributed by atoms with van der Waals surface area (Å²) in [6.45, 7) is 7.99. The van der Waals surface area contributed by atoms with Gasteiger partial charge in [-0.1, -0.05) is 62.4 Å². The molecule has 2 aromatic rings. The summed E-state index contributed by atoms with van der Waals surface area (Å²) >= 11 is 0. The van der Waals surface area contributed by atoms with Crippen molar-refractivity contribution in [3.8, 4) is 5.75 Å². The molecular formula is C24H33NO3. The van der Waals surface area contributed by atoms with Gasteiger partial charge >= 0.3 is 0 Å². The highest BCUT2D eigenvalue weighted by Gasteiger charge is 2.21. The van der Waals surface area contributed by atoms with Gasteiger partial charge in [0, 0.05) is 25.0 Å². The second kappa shape index (κ2) is 12.2. The number of benzene rings is 2. The maximum Gasteiger partial charge on any atom is 0.223 e. The smallest absolute Gasteiger partial charge is 0.223 e. The molecule has 0 aliphatic rings. The number of hydrogen-bond acceptors (Lipinski definition) is 3. The average Bonchev–Trinajstić information content (AvgIpc) is 2.72. The second-order valence-electron chi connectivity index (χ2n) is 7.45. The van der Waals surface area contributed by atoms with Crippen molar-refractivity contribution in [2.45, 2.75) is 46.3 Å². The molecule has 0 saturated heterocycles. The van der Waals surface area contributed by atoms with Gasteiger partial charge in [-0.2, -0.15) is 0 Å². The summed E-state index contributed by atoms with van der Waals surface area (Å²) in [6, 6.07) is 20.0. The Bertz CT molecular complexity index is 675. The molecule has 1 N–H and O–H groups in total. The van der Waals surface area contributed by atoms with E-state index in [0.717, 1.165) is 18.6 Å². The number of nitrogens with one attached hydrogen (secondary N) is 1. The maximum atomic E-state index is 12.5. The van der Waals surface area contributed by atoms with Gasteiger partial charge in [-0.05, 0) is 37.0 Å². The van der Waals surface area contributed by atoms with Crippen LogP contribution in [-0.2, 0) is 16.1 Å². The molecule has 0 aliphatic carbocycles. The molecule has 0 bridgehead atoms.